The summed E-state index contributed by atoms with van der Waals surface area (Å²) in [5, 5.41) is 6.62. The van der Waals surface area contributed by atoms with E-state index in [0.29, 0.717) is 19.1 Å². The predicted octanol–water partition coefficient (Wildman–Crippen LogP) is 1.93. The summed E-state index contributed by atoms with van der Waals surface area (Å²) < 4.78 is 27.2. The Balaban J connectivity index is 0.00000392. The molecule has 7 nitrogen and oxygen atoms in total. The number of benzene rings is 1. The van der Waals surface area contributed by atoms with Crippen molar-refractivity contribution in [2.24, 2.45) is 4.99 Å². The molecule has 0 atom stereocenters. The van der Waals surface area contributed by atoms with Gasteiger partial charge in [0.05, 0.1) is 4.90 Å². The normalized spacial score (nSPS) is 16.5. The molecule has 9 heteroatoms. The molecule has 0 aromatic heterocycles. The number of aliphatic imine (C=N–C) groups is 1. The van der Waals surface area contributed by atoms with E-state index in [9.17, 15) is 8.42 Å². The molecule has 0 bridgehead atoms. The molecular formula is C19H34IN5O2S. The lowest BCUT2D eigenvalue weighted by Crippen LogP contribution is -2.49. The highest BCUT2D eigenvalue weighted by Crippen LogP contribution is 2.11. The summed E-state index contributed by atoms with van der Waals surface area (Å²) in [6.07, 6.45) is 3.39. The molecule has 3 N–H and O–H groups in total. The van der Waals surface area contributed by atoms with Crippen LogP contribution in [0.3, 0.4) is 0 Å². The number of guanidine groups is 1. The van der Waals surface area contributed by atoms with Gasteiger partial charge in [0.25, 0.3) is 0 Å². The van der Waals surface area contributed by atoms with E-state index in [1.165, 1.54) is 13.0 Å². The maximum Gasteiger partial charge on any atom is 0.240 e. The highest BCUT2D eigenvalue weighted by Gasteiger charge is 2.19. The number of hydrogen-bond donors (Lipinski definition) is 3. The Kier molecular flexibility index (Phi) is 11.3. The Morgan fingerprint density at radius 1 is 1.18 bits per heavy atom. The van der Waals surface area contributed by atoms with Crippen molar-refractivity contribution in [2.75, 3.05) is 39.8 Å². The number of halogens is 1. The Hall–Kier alpha value is -0.910. The van der Waals surface area contributed by atoms with E-state index < -0.39 is 10.0 Å². The van der Waals surface area contributed by atoms with Gasteiger partial charge in [0.15, 0.2) is 5.96 Å². The smallest absolute Gasteiger partial charge is 0.240 e. The van der Waals surface area contributed by atoms with Gasteiger partial charge in [-0.1, -0.05) is 24.6 Å². The van der Waals surface area contributed by atoms with Gasteiger partial charge in [0.2, 0.25) is 10.0 Å². The lowest BCUT2D eigenvalue weighted by molar-refractivity contribution is 0.206. The summed E-state index contributed by atoms with van der Waals surface area (Å²) in [5.74, 6) is 0.721. The molecule has 0 saturated carbocycles. The Morgan fingerprint density at radius 3 is 2.39 bits per heavy atom. The molecule has 0 spiro atoms. The molecule has 160 valence electrons. The van der Waals surface area contributed by atoms with E-state index >= 15 is 0 Å². The van der Waals surface area contributed by atoms with Crippen LogP contribution in [0.15, 0.2) is 34.2 Å². The van der Waals surface area contributed by atoms with E-state index in [0.717, 1.165) is 37.5 Å². The van der Waals surface area contributed by atoms with Gasteiger partial charge in [-0.25, -0.2) is 13.1 Å². The SMILES string of the molecule is CCCN1CCC(NC(=NC)NCCNS(=O)(=O)c2ccc(C)cc2)CC1.I. The average molecular weight is 523 g/mol. The predicted molar refractivity (Wildman–Crippen MR) is 126 cm³/mol. The summed E-state index contributed by atoms with van der Waals surface area (Å²) in [6, 6.07) is 7.25. The highest BCUT2D eigenvalue weighted by molar-refractivity contribution is 14.0. The zero-order valence-corrected chi connectivity index (χ0v) is 20.2. The molecule has 1 saturated heterocycles. The van der Waals surface area contributed by atoms with Gasteiger partial charge in [-0.05, 0) is 44.9 Å². The van der Waals surface area contributed by atoms with Gasteiger partial charge < -0.3 is 15.5 Å². The van der Waals surface area contributed by atoms with E-state index in [4.69, 9.17) is 0 Å². The molecule has 0 unspecified atom stereocenters. The first-order valence-electron chi connectivity index (χ1n) is 9.70. The van der Waals surface area contributed by atoms with Crippen molar-refractivity contribution >= 4 is 40.0 Å². The minimum absolute atomic E-state index is 0. The highest BCUT2D eigenvalue weighted by atomic mass is 127. The average Bonchev–Trinajstić information content (AvgIpc) is 2.66. The third-order valence-corrected chi connectivity index (χ3v) is 6.21. The van der Waals surface area contributed by atoms with Crippen LogP contribution in [0.2, 0.25) is 0 Å². The molecule has 1 heterocycles. The first kappa shape index (κ1) is 25.1. The Bertz CT molecular complexity index is 702. The van der Waals surface area contributed by atoms with Gasteiger partial charge >= 0.3 is 0 Å². The molecule has 1 aliphatic rings. The van der Waals surface area contributed by atoms with Gasteiger partial charge in [-0.15, -0.1) is 24.0 Å². The maximum atomic E-state index is 12.3. The third kappa shape index (κ3) is 8.22. The molecule has 0 amide bonds. The van der Waals surface area contributed by atoms with Crippen molar-refractivity contribution in [3.63, 3.8) is 0 Å². The van der Waals surface area contributed by atoms with Crippen molar-refractivity contribution in [1.29, 1.82) is 0 Å². The number of sulfonamides is 1. The molecule has 2 rings (SSSR count). The number of hydrogen-bond acceptors (Lipinski definition) is 4. The summed E-state index contributed by atoms with van der Waals surface area (Å²) >= 11 is 0. The fourth-order valence-corrected chi connectivity index (χ4v) is 4.20. The van der Waals surface area contributed by atoms with Crippen LogP contribution in [-0.4, -0.2) is 65.1 Å². The molecule has 0 aliphatic carbocycles. The second-order valence-electron chi connectivity index (χ2n) is 6.97. The minimum Gasteiger partial charge on any atom is -0.355 e. The molecule has 1 aliphatic heterocycles. The number of nitrogens with zero attached hydrogens (tertiary/aromatic N) is 2. The standard InChI is InChI=1S/C19H33N5O2S.HI/c1-4-13-24-14-9-17(10-15-24)23-19(20-3)21-11-12-22-27(25,26)18-7-5-16(2)6-8-18;/h5-8,17,22H,4,9-15H2,1-3H3,(H2,20,21,23);1H. The first-order chi connectivity index (χ1) is 12.9. The summed E-state index contributed by atoms with van der Waals surface area (Å²) in [5.41, 5.74) is 1.03. The van der Waals surface area contributed by atoms with E-state index in [-0.39, 0.29) is 28.9 Å². The molecular weight excluding hydrogens is 489 g/mol. The van der Waals surface area contributed by atoms with Gasteiger partial charge in [-0.2, -0.15) is 0 Å². The van der Waals surface area contributed by atoms with Crippen molar-refractivity contribution in [3.05, 3.63) is 29.8 Å². The first-order valence-corrected chi connectivity index (χ1v) is 11.2. The third-order valence-electron chi connectivity index (χ3n) is 4.73. The van der Waals surface area contributed by atoms with Crippen molar-refractivity contribution in [2.45, 2.75) is 44.0 Å². The Morgan fingerprint density at radius 2 is 1.82 bits per heavy atom. The number of rotatable bonds is 8. The summed E-state index contributed by atoms with van der Waals surface area (Å²) in [7, 11) is -1.74. The molecule has 1 aromatic rings. The monoisotopic (exact) mass is 523 g/mol. The van der Waals surface area contributed by atoms with Crippen molar-refractivity contribution in [1.82, 2.24) is 20.3 Å². The molecule has 28 heavy (non-hydrogen) atoms. The van der Waals surface area contributed by atoms with Crippen LogP contribution in [0, 0.1) is 6.92 Å². The van der Waals surface area contributed by atoms with E-state index in [2.05, 4.69) is 32.2 Å². The minimum atomic E-state index is -3.48. The van der Waals surface area contributed by atoms with Crippen LogP contribution < -0.4 is 15.4 Å². The number of nitrogens with one attached hydrogen (secondary N) is 3. The fraction of sp³-hybridized carbons (Fsp3) is 0.632. The number of likely N-dealkylation sites (tertiary alicyclic amines) is 1. The number of aryl methyl sites for hydroxylation is 1. The van der Waals surface area contributed by atoms with Crippen LogP contribution in [0.25, 0.3) is 0 Å². The number of piperidine rings is 1. The van der Waals surface area contributed by atoms with Crippen molar-refractivity contribution < 1.29 is 8.42 Å². The topological polar surface area (TPSA) is 85.8 Å². The largest absolute Gasteiger partial charge is 0.355 e. The van der Waals surface area contributed by atoms with E-state index in [1.807, 2.05) is 6.92 Å². The maximum absolute atomic E-state index is 12.3. The van der Waals surface area contributed by atoms with E-state index in [1.54, 1.807) is 31.3 Å². The second-order valence-corrected chi connectivity index (χ2v) is 8.74. The van der Waals surface area contributed by atoms with Crippen LogP contribution >= 0.6 is 24.0 Å². The van der Waals surface area contributed by atoms with Gasteiger partial charge in [0.1, 0.15) is 0 Å². The second kappa shape index (κ2) is 12.6. The summed E-state index contributed by atoms with van der Waals surface area (Å²) in [6.45, 7) is 8.30. The van der Waals surface area contributed by atoms with Crippen molar-refractivity contribution in [3.8, 4) is 0 Å². The van der Waals surface area contributed by atoms with Crippen LogP contribution in [0.5, 0.6) is 0 Å². The van der Waals surface area contributed by atoms with Crippen LogP contribution in [0.1, 0.15) is 31.7 Å². The van der Waals surface area contributed by atoms with Gasteiger partial charge in [-0.3, -0.25) is 4.99 Å². The molecule has 1 fully saturated rings. The zero-order valence-electron chi connectivity index (χ0n) is 17.1. The van der Waals surface area contributed by atoms with Crippen LogP contribution in [0.4, 0.5) is 0 Å². The summed E-state index contributed by atoms with van der Waals surface area (Å²) in [4.78, 5) is 7.02. The fourth-order valence-electron chi connectivity index (χ4n) is 3.17. The van der Waals surface area contributed by atoms with Crippen LogP contribution in [-0.2, 0) is 10.0 Å². The molecule has 1 aromatic carbocycles. The zero-order chi connectivity index (χ0) is 19.7. The van der Waals surface area contributed by atoms with Gasteiger partial charge in [0, 0.05) is 39.3 Å². The Labute approximate surface area is 186 Å². The quantitative estimate of drug-likeness (QED) is 0.210. The lowest BCUT2D eigenvalue weighted by atomic mass is 10.1. The molecule has 0 radical (unpaired) electrons. The lowest BCUT2D eigenvalue weighted by Gasteiger charge is -2.32.